The molecule has 116 valence electrons. The lowest BCUT2D eigenvalue weighted by atomic mass is 10.1. The second-order valence-electron chi connectivity index (χ2n) is 4.99. The fourth-order valence-corrected chi connectivity index (χ4v) is 2.79. The van der Waals surface area contributed by atoms with Gasteiger partial charge in [0.2, 0.25) is 5.91 Å². The number of amides is 1. The van der Waals surface area contributed by atoms with Crippen molar-refractivity contribution in [1.29, 1.82) is 0 Å². The average Bonchev–Trinajstić information content (AvgIpc) is 3.07. The van der Waals surface area contributed by atoms with Gasteiger partial charge >= 0.3 is 0 Å². The van der Waals surface area contributed by atoms with E-state index < -0.39 is 6.04 Å². The second kappa shape index (κ2) is 7.32. The van der Waals surface area contributed by atoms with E-state index in [-0.39, 0.29) is 5.91 Å². The summed E-state index contributed by atoms with van der Waals surface area (Å²) in [6.07, 6.45) is 1.98. The molecule has 0 bridgehead atoms. The van der Waals surface area contributed by atoms with E-state index in [2.05, 4.69) is 43.4 Å². The van der Waals surface area contributed by atoms with Crippen LogP contribution in [-0.2, 0) is 11.2 Å². The van der Waals surface area contributed by atoms with Crippen LogP contribution in [0, 0.1) is 3.57 Å². The Morgan fingerprint density at radius 2 is 2.00 bits per heavy atom. The topological polar surface area (TPSA) is 72.7 Å². The Morgan fingerprint density at radius 1 is 1.17 bits per heavy atom. The highest BCUT2D eigenvalue weighted by atomic mass is 127. The Morgan fingerprint density at radius 3 is 2.70 bits per heavy atom. The summed E-state index contributed by atoms with van der Waals surface area (Å²) in [7, 11) is 0. The number of carbonyl (C=O) groups excluding carboxylic acids is 1. The predicted octanol–water partition coefficient (Wildman–Crippen LogP) is 2.70. The maximum atomic E-state index is 12.7. The fraction of sp³-hybridized carbons (Fsp3) is 0.125. The zero-order valence-electron chi connectivity index (χ0n) is 12.1. The molecule has 7 heteroatoms. The highest BCUT2D eigenvalue weighted by Crippen LogP contribution is 2.18. The molecule has 1 heterocycles. The van der Waals surface area contributed by atoms with E-state index in [4.69, 9.17) is 0 Å². The molecule has 6 nitrogen and oxygen atoms in total. The van der Waals surface area contributed by atoms with Gasteiger partial charge in [0.05, 0.1) is 0 Å². The van der Waals surface area contributed by atoms with E-state index in [9.17, 15) is 4.79 Å². The van der Waals surface area contributed by atoms with Gasteiger partial charge in [0.25, 0.3) is 0 Å². The molecule has 0 aliphatic rings. The first-order valence-corrected chi connectivity index (χ1v) is 8.13. The first-order valence-electron chi connectivity index (χ1n) is 7.05. The highest BCUT2D eigenvalue weighted by molar-refractivity contribution is 14.1. The first-order chi connectivity index (χ1) is 11.2. The summed E-state index contributed by atoms with van der Waals surface area (Å²) in [5, 5.41) is 14.1. The summed E-state index contributed by atoms with van der Waals surface area (Å²) in [5.41, 5.74) is 1.80. The Kier molecular flexibility index (Phi) is 4.96. The standard InChI is InChI=1S/C16H14IN5O/c17-13-7-4-8-14(10-13)19-16(23)15(22-11-18-20-21-22)9-12-5-2-1-3-6-12/h1-8,10-11,15H,9H2,(H,19,23)/t15-/m0/s1. The van der Waals surface area contributed by atoms with Crippen molar-refractivity contribution in [3.8, 4) is 0 Å². The minimum absolute atomic E-state index is 0.150. The maximum Gasteiger partial charge on any atom is 0.249 e. The Bertz CT molecular complexity index is 776. The summed E-state index contributed by atoms with van der Waals surface area (Å²) < 4.78 is 2.54. The van der Waals surface area contributed by atoms with Crippen molar-refractivity contribution in [2.45, 2.75) is 12.5 Å². The van der Waals surface area contributed by atoms with Crippen LogP contribution in [0.2, 0.25) is 0 Å². The lowest BCUT2D eigenvalue weighted by molar-refractivity contribution is -0.119. The number of carbonyl (C=O) groups is 1. The number of nitrogens with one attached hydrogen (secondary N) is 1. The molecule has 3 aromatic rings. The molecule has 0 fully saturated rings. The first kappa shape index (κ1) is 15.6. The van der Waals surface area contributed by atoms with Gasteiger partial charge in [-0.2, -0.15) is 0 Å². The third-order valence-corrected chi connectivity index (χ3v) is 4.02. The molecular formula is C16H14IN5O. The molecule has 0 unspecified atom stereocenters. The summed E-state index contributed by atoms with van der Waals surface area (Å²) in [5.74, 6) is -0.150. The van der Waals surface area contributed by atoms with Gasteiger partial charge in [-0.15, -0.1) is 5.10 Å². The van der Waals surface area contributed by atoms with Crippen LogP contribution in [0.1, 0.15) is 11.6 Å². The van der Waals surface area contributed by atoms with Crippen LogP contribution in [0.5, 0.6) is 0 Å². The van der Waals surface area contributed by atoms with Crippen molar-refractivity contribution >= 4 is 34.2 Å². The molecule has 23 heavy (non-hydrogen) atoms. The number of rotatable bonds is 5. The monoisotopic (exact) mass is 419 g/mol. The maximum absolute atomic E-state index is 12.7. The smallest absolute Gasteiger partial charge is 0.249 e. The number of anilines is 1. The minimum atomic E-state index is -0.509. The Hall–Kier alpha value is -2.29. The van der Waals surface area contributed by atoms with E-state index in [1.54, 1.807) is 0 Å². The SMILES string of the molecule is O=C(Nc1cccc(I)c1)[C@H](Cc1ccccc1)n1cnnn1. The van der Waals surface area contributed by atoms with Gasteiger partial charge in [-0.1, -0.05) is 36.4 Å². The van der Waals surface area contributed by atoms with Crippen LogP contribution in [-0.4, -0.2) is 26.1 Å². The highest BCUT2D eigenvalue weighted by Gasteiger charge is 2.22. The van der Waals surface area contributed by atoms with Crippen molar-refractivity contribution in [1.82, 2.24) is 20.2 Å². The normalized spacial score (nSPS) is 11.9. The van der Waals surface area contributed by atoms with Crippen molar-refractivity contribution in [2.24, 2.45) is 0 Å². The van der Waals surface area contributed by atoms with Crippen LogP contribution in [0.3, 0.4) is 0 Å². The molecule has 0 saturated heterocycles. The number of hydrogen-bond donors (Lipinski definition) is 1. The lowest BCUT2D eigenvalue weighted by Gasteiger charge is -2.16. The number of halogens is 1. The van der Waals surface area contributed by atoms with Crippen molar-refractivity contribution in [3.63, 3.8) is 0 Å². The van der Waals surface area contributed by atoms with E-state index in [0.717, 1.165) is 14.8 Å². The average molecular weight is 419 g/mol. The number of hydrogen-bond acceptors (Lipinski definition) is 4. The minimum Gasteiger partial charge on any atom is -0.324 e. The summed E-state index contributed by atoms with van der Waals surface area (Å²) >= 11 is 2.21. The molecule has 1 amide bonds. The number of aromatic nitrogens is 4. The summed E-state index contributed by atoms with van der Waals surface area (Å²) in [6, 6.07) is 16.9. The molecule has 3 rings (SSSR count). The molecule has 0 spiro atoms. The second-order valence-corrected chi connectivity index (χ2v) is 6.24. The number of benzene rings is 2. The summed E-state index contributed by atoms with van der Waals surface area (Å²) in [4.78, 5) is 12.7. The molecule has 0 saturated carbocycles. The van der Waals surface area contributed by atoms with Gasteiger partial charge in [-0.05, 0) is 56.8 Å². The Labute approximate surface area is 147 Å². The van der Waals surface area contributed by atoms with Crippen molar-refractivity contribution in [2.75, 3.05) is 5.32 Å². The lowest BCUT2D eigenvalue weighted by Crippen LogP contribution is -2.28. The van der Waals surface area contributed by atoms with Crippen LogP contribution in [0.15, 0.2) is 60.9 Å². The number of nitrogens with zero attached hydrogens (tertiary/aromatic N) is 4. The van der Waals surface area contributed by atoms with Gasteiger partial charge in [-0.25, -0.2) is 4.68 Å². The van der Waals surface area contributed by atoms with Crippen LogP contribution in [0.4, 0.5) is 5.69 Å². The zero-order valence-corrected chi connectivity index (χ0v) is 14.3. The van der Waals surface area contributed by atoms with Crippen LogP contribution < -0.4 is 5.32 Å². The summed E-state index contributed by atoms with van der Waals surface area (Å²) in [6.45, 7) is 0. The van der Waals surface area contributed by atoms with E-state index in [1.807, 2.05) is 54.6 Å². The van der Waals surface area contributed by atoms with Crippen LogP contribution >= 0.6 is 22.6 Å². The van der Waals surface area contributed by atoms with Crippen molar-refractivity contribution < 1.29 is 4.79 Å². The van der Waals surface area contributed by atoms with E-state index in [0.29, 0.717) is 6.42 Å². The largest absolute Gasteiger partial charge is 0.324 e. The van der Waals surface area contributed by atoms with Gasteiger partial charge in [0, 0.05) is 15.7 Å². The molecule has 1 atom stereocenters. The Balaban J connectivity index is 1.82. The van der Waals surface area contributed by atoms with Gasteiger partial charge in [0.1, 0.15) is 12.4 Å². The quantitative estimate of drug-likeness (QED) is 0.646. The molecular weight excluding hydrogens is 405 g/mol. The molecule has 1 N–H and O–H groups in total. The zero-order chi connectivity index (χ0) is 16.1. The third kappa shape index (κ3) is 4.13. The number of tetrazole rings is 1. The van der Waals surface area contributed by atoms with E-state index in [1.165, 1.54) is 11.0 Å². The predicted molar refractivity (Wildman–Crippen MR) is 94.8 cm³/mol. The van der Waals surface area contributed by atoms with Crippen LogP contribution in [0.25, 0.3) is 0 Å². The molecule has 0 radical (unpaired) electrons. The molecule has 0 aliphatic carbocycles. The molecule has 0 aliphatic heterocycles. The van der Waals surface area contributed by atoms with Gasteiger partial charge in [-0.3, -0.25) is 4.79 Å². The third-order valence-electron chi connectivity index (χ3n) is 3.35. The molecule has 1 aromatic heterocycles. The van der Waals surface area contributed by atoms with E-state index >= 15 is 0 Å². The van der Waals surface area contributed by atoms with Crippen molar-refractivity contribution in [3.05, 3.63) is 70.1 Å². The molecule has 2 aromatic carbocycles. The van der Waals surface area contributed by atoms with Gasteiger partial charge in [0.15, 0.2) is 0 Å². The fourth-order valence-electron chi connectivity index (χ4n) is 2.25. The van der Waals surface area contributed by atoms with Gasteiger partial charge < -0.3 is 5.32 Å².